The molecule has 1 nitrogen and oxygen atoms in total. The Morgan fingerprint density at radius 3 is 2.50 bits per heavy atom. The van der Waals surface area contributed by atoms with Gasteiger partial charge in [-0.2, -0.15) is 0 Å². The van der Waals surface area contributed by atoms with Crippen molar-refractivity contribution in [2.45, 2.75) is 46.1 Å². The minimum absolute atomic E-state index is 0.239. The summed E-state index contributed by atoms with van der Waals surface area (Å²) in [5.74, 6) is 1.20. The van der Waals surface area contributed by atoms with Crippen molar-refractivity contribution in [1.29, 1.82) is 0 Å². The van der Waals surface area contributed by atoms with Crippen LogP contribution in [0.2, 0.25) is 0 Å². The zero-order valence-corrected chi connectivity index (χ0v) is 10.5. The number of hydrogen-bond donors (Lipinski definition) is 1. The third kappa shape index (κ3) is 2.15. The van der Waals surface area contributed by atoms with E-state index < -0.39 is 0 Å². The normalized spacial score (nSPS) is 25.5. The van der Waals surface area contributed by atoms with Crippen molar-refractivity contribution in [2.75, 3.05) is 0 Å². The molecule has 16 heavy (non-hydrogen) atoms. The van der Waals surface area contributed by atoms with E-state index in [0.29, 0.717) is 11.8 Å². The Bertz CT molecular complexity index is 370. The second-order valence-corrected chi connectivity index (χ2v) is 5.06. The summed E-state index contributed by atoms with van der Waals surface area (Å²) in [6, 6.07) is 6.57. The van der Waals surface area contributed by atoms with E-state index in [1.54, 1.807) is 0 Å². The Kier molecular flexibility index (Phi) is 3.34. The van der Waals surface area contributed by atoms with Crippen LogP contribution < -0.4 is 0 Å². The summed E-state index contributed by atoms with van der Waals surface area (Å²) in [5.41, 5.74) is 3.82. The summed E-state index contributed by atoms with van der Waals surface area (Å²) in [6.07, 6.45) is 3.00. The lowest BCUT2D eigenvalue weighted by Gasteiger charge is -2.16. The maximum atomic E-state index is 10.4. The van der Waals surface area contributed by atoms with Crippen LogP contribution in [-0.4, -0.2) is 5.11 Å². The first-order valence-electron chi connectivity index (χ1n) is 6.47. The summed E-state index contributed by atoms with van der Waals surface area (Å²) in [4.78, 5) is 0. The van der Waals surface area contributed by atoms with Crippen molar-refractivity contribution in [3.63, 3.8) is 0 Å². The average molecular weight is 218 g/mol. The van der Waals surface area contributed by atoms with E-state index in [1.807, 2.05) is 0 Å². The van der Waals surface area contributed by atoms with Crippen LogP contribution in [0.4, 0.5) is 0 Å². The molecule has 0 amide bonds. The van der Waals surface area contributed by atoms with E-state index >= 15 is 0 Å². The van der Waals surface area contributed by atoms with Crippen LogP contribution in [0.3, 0.4) is 0 Å². The standard InChI is InChI=1S/C15H22O/c1-4-11-6-7-12(5-2)14(9-11)15(16)13-8-10(13)3/h6-7,9-10,13,15-16H,4-5,8H2,1-3H3. The van der Waals surface area contributed by atoms with Gasteiger partial charge in [0.25, 0.3) is 0 Å². The molecule has 1 aromatic carbocycles. The van der Waals surface area contributed by atoms with Gasteiger partial charge in [-0.05, 0) is 47.8 Å². The van der Waals surface area contributed by atoms with E-state index in [4.69, 9.17) is 0 Å². The Morgan fingerprint density at radius 2 is 2.00 bits per heavy atom. The van der Waals surface area contributed by atoms with Gasteiger partial charge in [-0.25, -0.2) is 0 Å². The van der Waals surface area contributed by atoms with Crippen molar-refractivity contribution in [2.24, 2.45) is 11.8 Å². The van der Waals surface area contributed by atoms with Gasteiger partial charge in [0.15, 0.2) is 0 Å². The molecule has 0 bridgehead atoms. The monoisotopic (exact) mass is 218 g/mol. The third-order valence-corrected chi connectivity index (χ3v) is 3.90. The van der Waals surface area contributed by atoms with Gasteiger partial charge in [0.1, 0.15) is 0 Å². The highest BCUT2D eigenvalue weighted by Gasteiger charge is 2.39. The lowest BCUT2D eigenvalue weighted by atomic mass is 9.94. The quantitative estimate of drug-likeness (QED) is 0.820. The molecule has 1 N–H and O–H groups in total. The molecule has 0 aromatic heterocycles. The molecular weight excluding hydrogens is 196 g/mol. The summed E-state index contributed by atoms with van der Waals surface area (Å²) >= 11 is 0. The molecule has 0 aliphatic heterocycles. The summed E-state index contributed by atoms with van der Waals surface area (Å²) in [7, 11) is 0. The van der Waals surface area contributed by atoms with E-state index in [-0.39, 0.29) is 6.10 Å². The first-order valence-corrected chi connectivity index (χ1v) is 6.47. The molecule has 1 heteroatoms. The molecular formula is C15H22O. The number of aliphatic hydroxyl groups is 1. The zero-order chi connectivity index (χ0) is 11.7. The van der Waals surface area contributed by atoms with Crippen molar-refractivity contribution in [3.8, 4) is 0 Å². The van der Waals surface area contributed by atoms with E-state index in [2.05, 4.69) is 39.0 Å². The first-order chi connectivity index (χ1) is 7.67. The lowest BCUT2D eigenvalue weighted by Crippen LogP contribution is -2.05. The highest BCUT2D eigenvalue weighted by molar-refractivity contribution is 5.34. The van der Waals surface area contributed by atoms with Crippen LogP contribution in [0.15, 0.2) is 18.2 Å². The van der Waals surface area contributed by atoms with Gasteiger partial charge in [-0.15, -0.1) is 0 Å². The summed E-state index contributed by atoms with van der Waals surface area (Å²) in [5, 5.41) is 10.4. The van der Waals surface area contributed by atoms with E-state index in [1.165, 1.54) is 23.1 Å². The average Bonchev–Trinajstić information content (AvgIpc) is 3.04. The van der Waals surface area contributed by atoms with Crippen molar-refractivity contribution < 1.29 is 5.11 Å². The first kappa shape index (κ1) is 11.7. The third-order valence-electron chi connectivity index (χ3n) is 3.90. The maximum absolute atomic E-state index is 10.4. The molecule has 1 aliphatic rings. The van der Waals surface area contributed by atoms with E-state index in [0.717, 1.165) is 12.8 Å². The van der Waals surface area contributed by atoms with Crippen molar-refractivity contribution in [1.82, 2.24) is 0 Å². The number of aliphatic hydroxyl groups excluding tert-OH is 1. The van der Waals surface area contributed by atoms with Gasteiger partial charge < -0.3 is 5.11 Å². The van der Waals surface area contributed by atoms with Gasteiger partial charge in [-0.3, -0.25) is 0 Å². The largest absolute Gasteiger partial charge is 0.388 e. The predicted molar refractivity (Wildman–Crippen MR) is 67.4 cm³/mol. The number of aryl methyl sites for hydroxylation is 2. The Hall–Kier alpha value is -0.820. The van der Waals surface area contributed by atoms with Crippen LogP contribution >= 0.6 is 0 Å². The van der Waals surface area contributed by atoms with Crippen molar-refractivity contribution in [3.05, 3.63) is 34.9 Å². The van der Waals surface area contributed by atoms with Gasteiger partial charge in [0.2, 0.25) is 0 Å². The second kappa shape index (κ2) is 4.58. The molecule has 1 aliphatic carbocycles. The SMILES string of the molecule is CCc1ccc(CC)c(C(O)C2CC2C)c1. The minimum atomic E-state index is -0.239. The van der Waals surface area contributed by atoms with Crippen LogP contribution in [-0.2, 0) is 12.8 Å². The van der Waals surface area contributed by atoms with Gasteiger partial charge in [-0.1, -0.05) is 39.0 Å². The molecule has 1 fully saturated rings. The Balaban J connectivity index is 2.29. The predicted octanol–water partition coefficient (Wildman–Crippen LogP) is 3.50. The lowest BCUT2D eigenvalue weighted by molar-refractivity contribution is 0.147. The van der Waals surface area contributed by atoms with Crippen LogP contribution in [0, 0.1) is 11.8 Å². The number of hydrogen-bond acceptors (Lipinski definition) is 1. The second-order valence-electron chi connectivity index (χ2n) is 5.06. The molecule has 88 valence electrons. The highest BCUT2D eigenvalue weighted by atomic mass is 16.3. The summed E-state index contributed by atoms with van der Waals surface area (Å²) < 4.78 is 0. The van der Waals surface area contributed by atoms with Gasteiger partial charge >= 0.3 is 0 Å². The topological polar surface area (TPSA) is 20.2 Å². The highest BCUT2D eigenvalue weighted by Crippen LogP contribution is 2.47. The number of rotatable bonds is 4. The smallest absolute Gasteiger partial charge is 0.0823 e. The van der Waals surface area contributed by atoms with Crippen LogP contribution in [0.5, 0.6) is 0 Å². The Labute approximate surface area is 98.5 Å². The summed E-state index contributed by atoms with van der Waals surface area (Å²) in [6.45, 7) is 6.55. The molecule has 2 rings (SSSR count). The molecule has 3 atom stereocenters. The molecule has 0 radical (unpaired) electrons. The number of benzene rings is 1. The molecule has 1 aromatic rings. The minimum Gasteiger partial charge on any atom is -0.388 e. The molecule has 0 spiro atoms. The van der Waals surface area contributed by atoms with Crippen molar-refractivity contribution >= 4 is 0 Å². The van der Waals surface area contributed by atoms with Gasteiger partial charge in [0, 0.05) is 0 Å². The fraction of sp³-hybridized carbons (Fsp3) is 0.600. The fourth-order valence-electron chi connectivity index (χ4n) is 2.48. The Morgan fingerprint density at radius 1 is 1.31 bits per heavy atom. The molecule has 1 saturated carbocycles. The van der Waals surface area contributed by atoms with Crippen LogP contribution in [0.1, 0.15) is 50.0 Å². The fourth-order valence-corrected chi connectivity index (χ4v) is 2.48. The molecule has 0 heterocycles. The van der Waals surface area contributed by atoms with Crippen LogP contribution in [0.25, 0.3) is 0 Å². The zero-order valence-electron chi connectivity index (χ0n) is 10.5. The molecule has 0 saturated heterocycles. The molecule has 3 unspecified atom stereocenters. The van der Waals surface area contributed by atoms with Gasteiger partial charge in [0.05, 0.1) is 6.10 Å². The maximum Gasteiger partial charge on any atom is 0.0823 e. The van der Waals surface area contributed by atoms with E-state index in [9.17, 15) is 5.11 Å².